The van der Waals surface area contributed by atoms with Crippen molar-refractivity contribution in [3.05, 3.63) is 18.2 Å². The van der Waals surface area contributed by atoms with Gasteiger partial charge in [0.2, 0.25) is 0 Å². The molecule has 0 bridgehead atoms. The Bertz CT molecular complexity index is 382. The van der Waals surface area contributed by atoms with Gasteiger partial charge in [0, 0.05) is 36.1 Å². The maximum Gasteiger partial charge on any atom is 0.123 e. The van der Waals surface area contributed by atoms with Crippen LogP contribution >= 0.6 is 0 Å². The van der Waals surface area contributed by atoms with Crippen molar-refractivity contribution < 1.29 is 9.47 Å². The second-order valence-corrected chi connectivity index (χ2v) is 4.31. The molecule has 1 unspecified atom stereocenters. The van der Waals surface area contributed by atoms with Crippen LogP contribution < -0.4 is 15.4 Å². The van der Waals surface area contributed by atoms with Gasteiger partial charge in [-0.05, 0) is 19.9 Å². The first kappa shape index (κ1) is 12.0. The zero-order valence-corrected chi connectivity index (χ0v) is 10.5. The van der Waals surface area contributed by atoms with E-state index in [1.54, 1.807) is 0 Å². The summed E-state index contributed by atoms with van der Waals surface area (Å²) in [4.78, 5) is 2.31. The van der Waals surface area contributed by atoms with Crippen LogP contribution in [0.5, 0.6) is 5.75 Å². The lowest BCUT2D eigenvalue weighted by molar-refractivity contribution is 0.0989. The smallest absolute Gasteiger partial charge is 0.123 e. The summed E-state index contributed by atoms with van der Waals surface area (Å²) in [6, 6.07) is 6.27. The van der Waals surface area contributed by atoms with Gasteiger partial charge in [0.1, 0.15) is 5.75 Å². The second kappa shape index (κ2) is 5.27. The van der Waals surface area contributed by atoms with E-state index in [2.05, 4.69) is 11.8 Å². The molecule has 1 fully saturated rings. The molecule has 1 heterocycles. The van der Waals surface area contributed by atoms with E-state index in [1.807, 2.05) is 25.1 Å². The van der Waals surface area contributed by atoms with Gasteiger partial charge in [-0.1, -0.05) is 0 Å². The Labute approximate surface area is 102 Å². The molecule has 4 nitrogen and oxygen atoms in total. The molecule has 0 amide bonds. The van der Waals surface area contributed by atoms with Crippen LogP contribution in [-0.2, 0) is 4.74 Å². The Morgan fingerprint density at radius 2 is 2.29 bits per heavy atom. The van der Waals surface area contributed by atoms with Crippen molar-refractivity contribution in [3.8, 4) is 5.75 Å². The van der Waals surface area contributed by atoms with E-state index in [1.165, 1.54) is 0 Å². The summed E-state index contributed by atoms with van der Waals surface area (Å²) in [5.74, 6) is 0.834. The third-order valence-corrected chi connectivity index (χ3v) is 2.92. The monoisotopic (exact) mass is 236 g/mol. The highest BCUT2D eigenvalue weighted by atomic mass is 16.5. The van der Waals surface area contributed by atoms with Crippen molar-refractivity contribution in [3.63, 3.8) is 0 Å². The quantitative estimate of drug-likeness (QED) is 0.814. The molecular formula is C13H20N2O2. The van der Waals surface area contributed by atoms with E-state index in [9.17, 15) is 0 Å². The molecule has 1 aromatic carbocycles. The maximum atomic E-state index is 5.90. The first-order valence-corrected chi connectivity index (χ1v) is 6.08. The van der Waals surface area contributed by atoms with E-state index < -0.39 is 0 Å². The number of hydrogen-bond donors (Lipinski definition) is 1. The third kappa shape index (κ3) is 2.82. The number of morpholine rings is 1. The van der Waals surface area contributed by atoms with Crippen molar-refractivity contribution >= 4 is 11.4 Å². The zero-order valence-electron chi connectivity index (χ0n) is 10.5. The molecule has 0 aromatic heterocycles. The standard InChI is InChI=1S/C13H20N2O2/c1-3-17-13-7-11(14)6-12(8-13)15-4-5-16-9-10(15)2/h6-8,10H,3-5,9,14H2,1-2H3. The molecular weight excluding hydrogens is 216 g/mol. The molecule has 4 heteroatoms. The minimum absolute atomic E-state index is 0.375. The highest BCUT2D eigenvalue weighted by Crippen LogP contribution is 2.27. The van der Waals surface area contributed by atoms with Gasteiger partial charge in [-0.2, -0.15) is 0 Å². The highest BCUT2D eigenvalue weighted by molar-refractivity contribution is 5.61. The van der Waals surface area contributed by atoms with E-state index in [-0.39, 0.29) is 0 Å². The predicted octanol–water partition coefficient (Wildman–Crippen LogP) is 1.89. The van der Waals surface area contributed by atoms with E-state index in [4.69, 9.17) is 15.2 Å². The fourth-order valence-electron chi connectivity index (χ4n) is 2.13. The minimum Gasteiger partial charge on any atom is -0.494 e. The summed E-state index contributed by atoms with van der Waals surface area (Å²) in [5.41, 5.74) is 7.76. The fourth-order valence-corrected chi connectivity index (χ4v) is 2.13. The molecule has 1 aliphatic heterocycles. The average molecular weight is 236 g/mol. The molecule has 0 saturated carbocycles. The second-order valence-electron chi connectivity index (χ2n) is 4.31. The first-order chi connectivity index (χ1) is 8.20. The number of benzene rings is 1. The lowest BCUT2D eigenvalue weighted by Crippen LogP contribution is -2.43. The summed E-state index contributed by atoms with van der Waals surface area (Å²) in [5, 5.41) is 0. The molecule has 94 valence electrons. The Hall–Kier alpha value is -1.42. The van der Waals surface area contributed by atoms with Gasteiger partial charge in [0.25, 0.3) is 0 Å². The van der Waals surface area contributed by atoms with Crippen LogP contribution in [0, 0.1) is 0 Å². The molecule has 2 rings (SSSR count). The molecule has 1 atom stereocenters. The van der Waals surface area contributed by atoms with Gasteiger partial charge in [0.05, 0.1) is 19.8 Å². The van der Waals surface area contributed by atoms with Gasteiger partial charge in [-0.3, -0.25) is 0 Å². The van der Waals surface area contributed by atoms with Crippen LogP contribution in [0.4, 0.5) is 11.4 Å². The van der Waals surface area contributed by atoms with Gasteiger partial charge in [-0.15, -0.1) is 0 Å². The number of anilines is 2. The summed E-state index contributed by atoms with van der Waals surface area (Å²) in [6.45, 7) is 7.21. The Kier molecular flexibility index (Phi) is 3.74. The van der Waals surface area contributed by atoms with Crippen molar-refractivity contribution in [2.75, 3.05) is 37.0 Å². The molecule has 1 saturated heterocycles. The Morgan fingerprint density at radius 1 is 1.47 bits per heavy atom. The van der Waals surface area contributed by atoms with Gasteiger partial charge in [-0.25, -0.2) is 0 Å². The molecule has 2 N–H and O–H groups in total. The summed E-state index contributed by atoms with van der Waals surface area (Å²) in [6.07, 6.45) is 0. The maximum absolute atomic E-state index is 5.90. The minimum atomic E-state index is 0.375. The fraction of sp³-hybridized carbons (Fsp3) is 0.538. The van der Waals surface area contributed by atoms with Crippen LogP contribution in [0.25, 0.3) is 0 Å². The summed E-state index contributed by atoms with van der Waals surface area (Å²) in [7, 11) is 0. The summed E-state index contributed by atoms with van der Waals surface area (Å²) < 4.78 is 11.0. The van der Waals surface area contributed by atoms with Crippen LogP contribution in [0.3, 0.4) is 0 Å². The Balaban J connectivity index is 2.24. The number of nitrogen functional groups attached to an aromatic ring is 1. The SMILES string of the molecule is CCOc1cc(N)cc(N2CCOCC2C)c1. The third-order valence-electron chi connectivity index (χ3n) is 2.92. The van der Waals surface area contributed by atoms with Gasteiger partial charge < -0.3 is 20.1 Å². The topological polar surface area (TPSA) is 47.7 Å². The molecule has 1 aliphatic rings. The number of ether oxygens (including phenoxy) is 2. The lowest BCUT2D eigenvalue weighted by Gasteiger charge is -2.35. The van der Waals surface area contributed by atoms with Crippen LogP contribution in [0.2, 0.25) is 0 Å². The molecule has 0 spiro atoms. The molecule has 1 aromatic rings. The number of hydrogen-bond acceptors (Lipinski definition) is 4. The predicted molar refractivity (Wildman–Crippen MR) is 69.7 cm³/mol. The van der Waals surface area contributed by atoms with Gasteiger partial charge >= 0.3 is 0 Å². The van der Waals surface area contributed by atoms with E-state index in [0.717, 1.165) is 36.9 Å². The van der Waals surface area contributed by atoms with Crippen molar-refractivity contribution in [1.82, 2.24) is 0 Å². The normalized spacial score (nSPS) is 20.4. The molecule has 17 heavy (non-hydrogen) atoms. The number of nitrogens with zero attached hydrogens (tertiary/aromatic N) is 1. The summed E-state index contributed by atoms with van der Waals surface area (Å²) >= 11 is 0. The Morgan fingerprint density at radius 3 is 3.00 bits per heavy atom. The van der Waals surface area contributed by atoms with Crippen molar-refractivity contribution in [1.29, 1.82) is 0 Å². The number of nitrogens with two attached hydrogens (primary N) is 1. The van der Waals surface area contributed by atoms with Crippen LogP contribution in [-0.4, -0.2) is 32.4 Å². The number of rotatable bonds is 3. The highest BCUT2D eigenvalue weighted by Gasteiger charge is 2.19. The average Bonchev–Trinajstić information content (AvgIpc) is 2.29. The zero-order chi connectivity index (χ0) is 12.3. The lowest BCUT2D eigenvalue weighted by atomic mass is 10.2. The van der Waals surface area contributed by atoms with Gasteiger partial charge in [0.15, 0.2) is 0 Å². The molecule has 0 radical (unpaired) electrons. The van der Waals surface area contributed by atoms with Crippen molar-refractivity contribution in [2.24, 2.45) is 0 Å². The van der Waals surface area contributed by atoms with E-state index >= 15 is 0 Å². The van der Waals surface area contributed by atoms with Crippen molar-refractivity contribution in [2.45, 2.75) is 19.9 Å². The van der Waals surface area contributed by atoms with Crippen LogP contribution in [0.1, 0.15) is 13.8 Å². The molecule has 0 aliphatic carbocycles. The largest absolute Gasteiger partial charge is 0.494 e. The first-order valence-electron chi connectivity index (χ1n) is 6.08. The van der Waals surface area contributed by atoms with Crippen LogP contribution in [0.15, 0.2) is 18.2 Å². The van der Waals surface area contributed by atoms with E-state index in [0.29, 0.717) is 12.6 Å².